The molecule has 1 fully saturated rings. The Kier molecular flexibility index (Phi) is 6.21. The first-order chi connectivity index (χ1) is 10.1. The van der Waals surface area contributed by atoms with E-state index in [4.69, 9.17) is 12.2 Å². The zero-order valence-corrected chi connectivity index (χ0v) is 14.3. The summed E-state index contributed by atoms with van der Waals surface area (Å²) in [5.41, 5.74) is 1.07. The summed E-state index contributed by atoms with van der Waals surface area (Å²) in [6, 6.07) is 9.89. The average molecular weight is 322 g/mol. The van der Waals surface area contributed by atoms with E-state index in [2.05, 4.69) is 16.8 Å². The minimum atomic E-state index is -0.0858. The highest BCUT2D eigenvalue weighted by Gasteiger charge is 2.21. The number of thioether (sulfide) groups is 1. The number of rotatable bonds is 4. The van der Waals surface area contributed by atoms with Gasteiger partial charge in [0.15, 0.2) is 0 Å². The summed E-state index contributed by atoms with van der Waals surface area (Å²) in [5, 5.41) is -0.0858. The minimum absolute atomic E-state index is 0.0858. The molecule has 0 N–H and O–H groups in total. The van der Waals surface area contributed by atoms with Gasteiger partial charge in [-0.15, -0.1) is 0 Å². The molecule has 21 heavy (non-hydrogen) atoms. The standard InChI is InChI=1S/C16H22N2OS2/c1-13(15(19)12-14-6-4-3-5-7-14)21-16(20)18-10-8-17(2)9-11-18/h3-7,13H,8-12H2,1-2H3. The molecule has 114 valence electrons. The van der Waals surface area contributed by atoms with Gasteiger partial charge in [0.25, 0.3) is 0 Å². The Balaban J connectivity index is 1.81. The highest BCUT2D eigenvalue weighted by molar-refractivity contribution is 8.23. The van der Waals surface area contributed by atoms with Crippen LogP contribution in [0.1, 0.15) is 12.5 Å². The van der Waals surface area contributed by atoms with E-state index in [9.17, 15) is 4.79 Å². The Morgan fingerprint density at radius 2 is 1.86 bits per heavy atom. The van der Waals surface area contributed by atoms with E-state index in [1.54, 1.807) is 0 Å². The smallest absolute Gasteiger partial charge is 0.150 e. The Labute approximate surface area is 136 Å². The van der Waals surface area contributed by atoms with Crippen molar-refractivity contribution in [1.29, 1.82) is 0 Å². The third kappa shape index (κ3) is 5.09. The second-order valence-electron chi connectivity index (χ2n) is 5.44. The second kappa shape index (κ2) is 7.92. The van der Waals surface area contributed by atoms with Crippen LogP contribution in [0, 0.1) is 0 Å². The summed E-state index contributed by atoms with van der Waals surface area (Å²) in [6.07, 6.45) is 0.486. The van der Waals surface area contributed by atoms with Crippen LogP contribution in [0.3, 0.4) is 0 Å². The monoisotopic (exact) mass is 322 g/mol. The Morgan fingerprint density at radius 3 is 2.48 bits per heavy atom. The number of likely N-dealkylation sites (N-methyl/N-ethyl adjacent to an activating group) is 1. The fourth-order valence-electron chi connectivity index (χ4n) is 2.22. The van der Waals surface area contributed by atoms with Crippen LogP contribution < -0.4 is 0 Å². The molecular formula is C16H22N2OS2. The van der Waals surface area contributed by atoms with Crippen molar-refractivity contribution < 1.29 is 4.79 Å². The lowest BCUT2D eigenvalue weighted by Gasteiger charge is -2.34. The lowest BCUT2D eigenvalue weighted by molar-refractivity contribution is -0.117. The summed E-state index contributed by atoms with van der Waals surface area (Å²) in [7, 11) is 2.12. The van der Waals surface area contributed by atoms with Crippen LogP contribution in [0.5, 0.6) is 0 Å². The average Bonchev–Trinajstić information content (AvgIpc) is 2.48. The Morgan fingerprint density at radius 1 is 1.24 bits per heavy atom. The zero-order chi connectivity index (χ0) is 15.2. The van der Waals surface area contributed by atoms with Gasteiger partial charge < -0.3 is 9.80 Å². The maximum Gasteiger partial charge on any atom is 0.150 e. The Bertz CT molecular complexity index is 484. The van der Waals surface area contributed by atoms with Crippen LogP contribution in [0.4, 0.5) is 0 Å². The molecule has 0 aromatic heterocycles. The largest absolute Gasteiger partial charge is 0.355 e. The molecule has 1 saturated heterocycles. The van der Waals surface area contributed by atoms with E-state index in [0.29, 0.717) is 6.42 Å². The predicted octanol–water partition coefficient (Wildman–Crippen LogP) is 2.45. The lowest BCUT2D eigenvalue weighted by atomic mass is 10.1. The minimum Gasteiger partial charge on any atom is -0.355 e. The molecule has 1 aromatic carbocycles. The van der Waals surface area contributed by atoms with Crippen molar-refractivity contribution in [2.24, 2.45) is 0 Å². The maximum absolute atomic E-state index is 12.3. The number of hydrogen-bond acceptors (Lipinski definition) is 4. The van der Waals surface area contributed by atoms with Gasteiger partial charge in [0.05, 0.1) is 5.25 Å². The molecule has 1 heterocycles. The highest BCUT2D eigenvalue weighted by atomic mass is 32.2. The fraction of sp³-hybridized carbons (Fsp3) is 0.500. The van der Waals surface area contributed by atoms with Gasteiger partial charge in [-0.1, -0.05) is 54.3 Å². The second-order valence-corrected chi connectivity index (χ2v) is 7.42. The first kappa shape index (κ1) is 16.5. The number of carbonyl (C=O) groups excluding carboxylic acids is 1. The molecule has 0 saturated carbocycles. The zero-order valence-electron chi connectivity index (χ0n) is 12.6. The van der Waals surface area contributed by atoms with Crippen molar-refractivity contribution in [1.82, 2.24) is 9.80 Å². The molecule has 1 atom stereocenters. The summed E-state index contributed by atoms with van der Waals surface area (Å²) in [5.74, 6) is 0.239. The molecule has 5 heteroatoms. The molecule has 0 amide bonds. The number of nitrogens with zero attached hydrogens (tertiary/aromatic N) is 2. The van der Waals surface area contributed by atoms with E-state index in [0.717, 1.165) is 36.1 Å². The van der Waals surface area contributed by atoms with E-state index < -0.39 is 0 Å². The third-order valence-corrected chi connectivity index (χ3v) is 5.34. The van der Waals surface area contributed by atoms with Gasteiger partial charge in [-0.3, -0.25) is 4.79 Å². The van der Waals surface area contributed by atoms with Gasteiger partial charge in [0.2, 0.25) is 0 Å². The molecule has 1 aliphatic heterocycles. The van der Waals surface area contributed by atoms with Crippen LogP contribution in [0.15, 0.2) is 30.3 Å². The first-order valence-electron chi connectivity index (χ1n) is 7.27. The van der Waals surface area contributed by atoms with Crippen molar-refractivity contribution in [2.45, 2.75) is 18.6 Å². The van der Waals surface area contributed by atoms with Crippen LogP contribution in [0.2, 0.25) is 0 Å². The van der Waals surface area contributed by atoms with Gasteiger partial charge in [-0.05, 0) is 19.5 Å². The SMILES string of the molecule is CC(SC(=S)N1CCN(C)CC1)C(=O)Cc1ccccc1. The predicted molar refractivity (Wildman–Crippen MR) is 93.9 cm³/mol. The molecule has 3 nitrogen and oxygen atoms in total. The number of piperazine rings is 1. The van der Waals surface area contributed by atoms with Crippen molar-refractivity contribution in [3.63, 3.8) is 0 Å². The number of carbonyl (C=O) groups is 1. The first-order valence-corrected chi connectivity index (χ1v) is 8.56. The molecule has 0 bridgehead atoms. The van der Waals surface area contributed by atoms with Crippen molar-refractivity contribution in [2.75, 3.05) is 33.2 Å². The van der Waals surface area contributed by atoms with E-state index in [1.807, 2.05) is 37.3 Å². The number of Topliss-reactive ketones (excluding diaryl/α,β-unsaturated/α-hetero) is 1. The van der Waals surface area contributed by atoms with Crippen LogP contribution >= 0.6 is 24.0 Å². The van der Waals surface area contributed by atoms with Gasteiger partial charge in [-0.2, -0.15) is 0 Å². The van der Waals surface area contributed by atoms with E-state index >= 15 is 0 Å². The number of thiocarbonyl (C=S) groups is 1. The molecule has 1 aromatic rings. The van der Waals surface area contributed by atoms with Crippen molar-refractivity contribution in [3.8, 4) is 0 Å². The molecule has 0 spiro atoms. The van der Waals surface area contributed by atoms with Crippen LogP contribution in [-0.2, 0) is 11.2 Å². The Hall–Kier alpha value is -0.910. The fourth-order valence-corrected chi connectivity index (χ4v) is 3.69. The molecule has 1 unspecified atom stereocenters. The normalized spacial score (nSPS) is 17.5. The molecular weight excluding hydrogens is 300 g/mol. The maximum atomic E-state index is 12.3. The van der Waals surface area contributed by atoms with Crippen molar-refractivity contribution in [3.05, 3.63) is 35.9 Å². The third-order valence-electron chi connectivity index (χ3n) is 3.71. The van der Waals surface area contributed by atoms with Gasteiger partial charge in [-0.25, -0.2) is 0 Å². The van der Waals surface area contributed by atoms with E-state index in [-0.39, 0.29) is 11.0 Å². The van der Waals surface area contributed by atoms with Crippen LogP contribution in [-0.4, -0.2) is 58.4 Å². The molecule has 1 aliphatic rings. The lowest BCUT2D eigenvalue weighted by Crippen LogP contribution is -2.46. The summed E-state index contributed by atoms with van der Waals surface area (Å²) < 4.78 is 0.858. The number of benzene rings is 1. The number of ketones is 1. The van der Waals surface area contributed by atoms with Gasteiger partial charge >= 0.3 is 0 Å². The molecule has 0 aliphatic carbocycles. The van der Waals surface area contributed by atoms with Crippen LogP contribution in [0.25, 0.3) is 0 Å². The summed E-state index contributed by atoms with van der Waals surface area (Å²) >= 11 is 7.01. The topological polar surface area (TPSA) is 23.6 Å². The summed E-state index contributed by atoms with van der Waals surface area (Å²) in [4.78, 5) is 16.8. The van der Waals surface area contributed by atoms with Gasteiger partial charge in [0.1, 0.15) is 10.1 Å². The number of hydrogen-bond donors (Lipinski definition) is 0. The summed E-state index contributed by atoms with van der Waals surface area (Å²) in [6.45, 7) is 5.95. The van der Waals surface area contributed by atoms with E-state index in [1.165, 1.54) is 11.8 Å². The molecule has 0 radical (unpaired) electrons. The van der Waals surface area contributed by atoms with Gasteiger partial charge in [0, 0.05) is 32.6 Å². The van der Waals surface area contributed by atoms with Crippen molar-refractivity contribution >= 4 is 34.1 Å². The molecule has 2 rings (SSSR count). The quantitative estimate of drug-likeness (QED) is 0.793. The highest BCUT2D eigenvalue weighted by Crippen LogP contribution is 2.19.